The van der Waals surface area contributed by atoms with Crippen LogP contribution in [0, 0.1) is 19.8 Å². The Labute approximate surface area is 150 Å². The van der Waals surface area contributed by atoms with Gasteiger partial charge in [-0.25, -0.2) is 0 Å². The third kappa shape index (κ3) is 4.80. The number of pyridine rings is 1. The van der Waals surface area contributed by atoms with Crippen molar-refractivity contribution in [3.63, 3.8) is 0 Å². The number of hydrogen-bond donors (Lipinski definition) is 1. The number of likely N-dealkylation sites (tertiary alicyclic amines) is 1. The lowest BCUT2D eigenvalue weighted by molar-refractivity contribution is 0.0523. The zero-order valence-corrected chi connectivity index (χ0v) is 15.2. The molecular weight excluding hydrogens is 312 g/mol. The molecule has 1 N–H and O–H groups in total. The first-order valence-electron chi connectivity index (χ1n) is 9.15. The van der Waals surface area contributed by atoms with Crippen LogP contribution in [0.2, 0.25) is 0 Å². The molecule has 1 fully saturated rings. The molecule has 1 aliphatic rings. The van der Waals surface area contributed by atoms with Crippen LogP contribution in [-0.2, 0) is 0 Å². The van der Waals surface area contributed by atoms with Crippen molar-refractivity contribution in [2.45, 2.75) is 32.8 Å². The average Bonchev–Trinajstić information content (AvgIpc) is 2.64. The number of rotatable bonds is 6. The zero-order chi connectivity index (χ0) is 17.6. The number of hydrogen-bond acceptors (Lipinski definition) is 4. The minimum atomic E-state index is -0.449. The topological polar surface area (TPSA) is 45.6 Å². The van der Waals surface area contributed by atoms with Crippen LogP contribution >= 0.6 is 0 Å². The highest BCUT2D eigenvalue weighted by Crippen LogP contribution is 2.29. The highest BCUT2D eigenvalue weighted by Gasteiger charge is 2.26. The molecule has 0 amide bonds. The Balaban J connectivity index is 1.42. The van der Waals surface area contributed by atoms with E-state index in [0.29, 0.717) is 12.5 Å². The fourth-order valence-corrected chi connectivity index (χ4v) is 3.53. The predicted molar refractivity (Wildman–Crippen MR) is 99.8 cm³/mol. The van der Waals surface area contributed by atoms with Crippen LogP contribution in [0.25, 0.3) is 0 Å². The Kier molecular flexibility index (Phi) is 6.05. The molecule has 134 valence electrons. The highest BCUT2D eigenvalue weighted by atomic mass is 16.5. The van der Waals surface area contributed by atoms with Crippen LogP contribution < -0.4 is 4.74 Å². The summed E-state index contributed by atoms with van der Waals surface area (Å²) in [6.07, 6.45) is 3.30. The summed E-state index contributed by atoms with van der Waals surface area (Å²) in [4.78, 5) is 6.71. The second-order valence-electron chi connectivity index (χ2n) is 7.00. The molecule has 2 heterocycles. The number of nitrogens with zero attached hydrogens (tertiary/aromatic N) is 2. The molecule has 0 spiro atoms. The van der Waals surface area contributed by atoms with Crippen molar-refractivity contribution in [1.29, 1.82) is 0 Å². The Hall–Kier alpha value is -1.91. The molecule has 2 aromatic rings. The van der Waals surface area contributed by atoms with Gasteiger partial charge in [-0.3, -0.25) is 9.88 Å². The van der Waals surface area contributed by atoms with Crippen LogP contribution in [-0.4, -0.2) is 41.2 Å². The molecule has 4 heteroatoms. The molecule has 0 aliphatic carbocycles. The maximum Gasteiger partial charge on any atom is 0.122 e. The molecule has 25 heavy (non-hydrogen) atoms. The minimum absolute atomic E-state index is 0.298. The Morgan fingerprint density at radius 2 is 2.00 bits per heavy atom. The number of aliphatic hydroxyl groups is 1. The van der Waals surface area contributed by atoms with Crippen molar-refractivity contribution in [2.24, 2.45) is 5.92 Å². The van der Waals surface area contributed by atoms with Gasteiger partial charge in [0.05, 0.1) is 11.8 Å². The van der Waals surface area contributed by atoms with Crippen LogP contribution in [0.3, 0.4) is 0 Å². The molecule has 1 atom stereocenters. The normalized spacial score (nSPS) is 17.4. The van der Waals surface area contributed by atoms with Crippen molar-refractivity contribution in [1.82, 2.24) is 9.88 Å². The lowest BCUT2D eigenvalue weighted by Crippen LogP contribution is -2.38. The summed E-state index contributed by atoms with van der Waals surface area (Å²) in [7, 11) is 0. The molecule has 0 radical (unpaired) electrons. The van der Waals surface area contributed by atoms with Gasteiger partial charge in [0.2, 0.25) is 0 Å². The summed E-state index contributed by atoms with van der Waals surface area (Å²) >= 11 is 0. The molecule has 1 aliphatic heterocycles. The lowest BCUT2D eigenvalue weighted by atomic mass is 9.89. The summed E-state index contributed by atoms with van der Waals surface area (Å²) in [5, 5.41) is 10.5. The van der Waals surface area contributed by atoms with Gasteiger partial charge >= 0.3 is 0 Å². The smallest absolute Gasteiger partial charge is 0.122 e. The number of aromatic nitrogens is 1. The predicted octanol–water partition coefficient (Wildman–Crippen LogP) is 3.52. The molecule has 4 nitrogen and oxygen atoms in total. The fourth-order valence-electron chi connectivity index (χ4n) is 3.53. The van der Waals surface area contributed by atoms with Gasteiger partial charge in [-0.05, 0) is 69.5 Å². The largest absolute Gasteiger partial charge is 0.492 e. The Morgan fingerprint density at radius 3 is 2.68 bits per heavy atom. The number of ether oxygens (including phenoxy) is 1. The first kappa shape index (κ1) is 17.9. The third-order valence-electron chi connectivity index (χ3n) is 5.07. The monoisotopic (exact) mass is 340 g/mol. The second kappa shape index (κ2) is 8.45. The number of aryl methyl sites for hydroxylation is 2. The maximum atomic E-state index is 10.5. The van der Waals surface area contributed by atoms with Crippen molar-refractivity contribution in [2.75, 3.05) is 26.2 Å². The summed E-state index contributed by atoms with van der Waals surface area (Å²) in [5.41, 5.74) is 3.25. The molecule has 1 aromatic heterocycles. The minimum Gasteiger partial charge on any atom is -0.492 e. The van der Waals surface area contributed by atoms with Gasteiger partial charge in [-0.15, -0.1) is 0 Å². The summed E-state index contributed by atoms with van der Waals surface area (Å²) < 4.78 is 5.94. The SMILES string of the molecule is Cc1ccc(OCCN2CCC([C@H](O)c3ccccn3)CC2)c(C)c1. The molecular formula is C21H28N2O2. The fraction of sp³-hybridized carbons (Fsp3) is 0.476. The quantitative estimate of drug-likeness (QED) is 0.874. The maximum absolute atomic E-state index is 10.5. The van der Waals surface area contributed by atoms with Crippen LogP contribution in [0.5, 0.6) is 5.75 Å². The summed E-state index contributed by atoms with van der Waals surface area (Å²) in [6.45, 7) is 7.83. The van der Waals surface area contributed by atoms with E-state index in [0.717, 1.165) is 43.9 Å². The van der Waals surface area contributed by atoms with Gasteiger partial charge in [0.15, 0.2) is 0 Å². The first-order chi connectivity index (χ1) is 12.1. The van der Waals surface area contributed by atoms with Crippen molar-refractivity contribution >= 4 is 0 Å². The number of piperidine rings is 1. The summed E-state index contributed by atoms with van der Waals surface area (Å²) in [5.74, 6) is 1.28. The average molecular weight is 340 g/mol. The van der Waals surface area contributed by atoms with E-state index in [1.807, 2.05) is 18.2 Å². The molecule has 1 aromatic carbocycles. The van der Waals surface area contributed by atoms with Gasteiger partial charge < -0.3 is 9.84 Å². The van der Waals surface area contributed by atoms with Crippen LogP contribution in [0.1, 0.15) is 35.8 Å². The first-order valence-corrected chi connectivity index (χ1v) is 9.15. The van der Waals surface area contributed by atoms with Gasteiger partial charge in [0.1, 0.15) is 12.4 Å². The van der Waals surface area contributed by atoms with Crippen molar-refractivity contribution in [3.8, 4) is 5.75 Å². The standard InChI is InChI=1S/C21H28N2O2/c1-16-6-7-20(17(2)15-16)25-14-13-23-11-8-18(9-12-23)21(24)19-5-3-4-10-22-19/h3-7,10,15,18,21,24H,8-9,11-14H2,1-2H3/t21-/m0/s1. The van der Waals surface area contributed by atoms with E-state index < -0.39 is 6.10 Å². The van der Waals surface area contributed by atoms with Gasteiger partial charge in [0, 0.05) is 12.7 Å². The van der Waals surface area contributed by atoms with Gasteiger partial charge in [-0.2, -0.15) is 0 Å². The highest BCUT2D eigenvalue weighted by molar-refractivity contribution is 5.35. The van der Waals surface area contributed by atoms with E-state index in [2.05, 4.69) is 41.9 Å². The van der Waals surface area contributed by atoms with E-state index in [4.69, 9.17) is 4.74 Å². The van der Waals surface area contributed by atoms with Gasteiger partial charge in [0.25, 0.3) is 0 Å². The Morgan fingerprint density at radius 1 is 1.20 bits per heavy atom. The summed E-state index contributed by atoms with van der Waals surface area (Å²) in [6, 6.07) is 12.0. The van der Waals surface area contributed by atoms with Crippen molar-refractivity contribution in [3.05, 3.63) is 59.4 Å². The van der Waals surface area contributed by atoms with Crippen molar-refractivity contribution < 1.29 is 9.84 Å². The van der Waals surface area contributed by atoms with E-state index in [-0.39, 0.29) is 0 Å². The number of aliphatic hydroxyl groups excluding tert-OH is 1. The van der Waals surface area contributed by atoms with Gasteiger partial charge in [-0.1, -0.05) is 23.8 Å². The van der Waals surface area contributed by atoms with E-state index in [9.17, 15) is 5.11 Å². The van der Waals surface area contributed by atoms with Crippen LogP contribution in [0.15, 0.2) is 42.6 Å². The van der Waals surface area contributed by atoms with E-state index >= 15 is 0 Å². The van der Waals surface area contributed by atoms with Crippen LogP contribution in [0.4, 0.5) is 0 Å². The van der Waals surface area contributed by atoms with E-state index in [1.165, 1.54) is 11.1 Å². The second-order valence-corrected chi connectivity index (χ2v) is 7.00. The molecule has 0 unspecified atom stereocenters. The molecule has 3 rings (SSSR count). The Bertz CT molecular complexity index is 667. The molecule has 1 saturated heterocycles. The zero-order valence-electron chi connectivity index (χ0n) is 15.2. The molecule has 0 saturated carbocycles. The third-order valence-corrected chi connectivity index (χ3v) is 5.07. The lowest BCUT2D eigenvalue weighted by Gasteiger charge is -2.33. The van der Waals surface area contributed by atoms with E-state index in [1.54, 1.807) is 6.20 Å². The molecule has 0 bridgehead atoms. The number of benzene rings is 1.